The lowest BCUT2D eigenvalue weighted by Crippen LogP contribution is -1.99. The number of aryl methyl sites for hydroxylation is 2. The van der Waals surface area contributed by atoms with Crippen molar-refractivity contribution in [2.24, 2.45) is 4.99 Å². The molecule has 3 aromatic rings. The van der Waals surface area contributed by atoms with E-state index in [1.165, 1.54) is 11.6 Å². The van der Waals surface area contributed by atoms with Crippen LogP contribution in [0.4, 0.5) is 10.1 Å². The van der Waals surface area contributed by atoms with Crippen molar-refractivity contribution in [1.82, 2.24) is 4.57 Å². The Kier molecular flexibility index (Phi) is 4.11. The van der Waals surface area contributed by atoms with Crippen LogP contribution in [0.15, 0.2) is 59.6 Å². The Morgan fingerprint density at radius 3 is 2.48 bits per heavy atom. The van der Waals surface area contributed by atoms with Crippen molar-refractivity contribution < 1.29 is 4.39 Å². The Labute approximate surface area is 135 Å². The third kappa shape index (κ3) is 3.09. The molecule has 0 aliphatic rings. The van der Waals surface area contributed by atoms with E-state index in [2.05, 4.69) is 60.7 Å². The molecule has 2 aromatic carbocycles. The molecule has 0 spiro atoms. The molecule has 0 saturated heterocycles. The third-order valence-corrected chi connectivity index (χ3v) is 3.93. The first-order valence-electron chi connectivity index (χ1n) is 7.61. The normalized spacial score (nSPS) is 11.3. The molecule has 3 heteroatoms. The summed E-state index contributed by atoms with van der Waals surface area (Å²) in [4.78, 5) is 4.29. The van der Waals surface area contributed by atoms with Crippen LogP contribution in [0.25, 0.3) is 5.69 Å². The molecule has 0 radical (unpaired) electrons. The lowest BCUT2D eigenvalue weighted by atomic mass is 10.2. The topological polar surface area (TPSA) is 17.3 Å². The van der Waals surface area contributed by atoms with Crippen LogP contribution < -0.4 is 0 Å². The molecule has 0 N–H and O–H groups in total. The van der Waals surface area contributed by atoms with Crippen LogP contribution in [-0.4, -0.2) is 10.8 Å². The highest BCUT2D eigenvalue weighted by Gasteiger charge is 2.09. The second kappa shape index (κ2) is 6.21. The maximum Gasteiger partial charge on any atom is 0.148 e. The highest BCUT2D eigenvalue weighted by molar-refractivity contribution is 5.84. The van der Waals surface area contributed by atoms with Crippen molar-refractivity contribution in [2.45, 2.75) is 20.8 Å². The van der Waals surface area contributed by atoms with Gasteiger partial charge in [-0.3, -0.25) is 4.99 Å². The fraction of sp³-hybridized carbons (Fsp3) is 0.150. The Morgan fingerprint density at radius 2 is 1.74 bits per heavy atom. The number of aromatic nitrogens is 1. The maximum atomic E-state index is 13.7. The van der Waals surface area contributed by atoms with Gasteiger partial charge in [0.15, 0.2) is 0 Å². The lowest BCUT2D eigenvalue weighted by Gasteiger charge is -2.10. The van der Waals surface area contributed by atoms with Gasteiger partial charge in [-0.25, -0.2) is 4.39 Å². The predicted molar refractivity (Wildman–Crippen MR) is 93.6 cm³/mol. The van der Waals surface area contributed by atoms with Crippen molar-refractivity contribution in [3.8, 4) is 5.69 Å². The number of aliphatic imine (C=N–C) groups is 1. The highest BCUT2D eigenvalue weighted by Crippen LogP contribution is 2.22. The summed E-state index contributed by atoms with van der Waals surface area (Å²) in [6, 6.07) is 17.0. The monoisotopic (exact) mass is 306 g/mol. The van der Waals surface area contributed by atoms with E-state index >= 15 is 0 Å². The summed E-state index contributed by atoms with van der Waals surface area (Å²) in [5, 5.41) is 0. The van der Waals surface area contributed by atoms with E-state index < -0.39 is 0 Å². The van der Waals surface area contributed by atoms with E-state index in [1.54, 1.807) is 24.4 Å². The summed E-state index contributed by atoms with van der Waals surface area (Å²) < 4.78 is 15.9. The van der Waals surface area contributed by atoms with Crippen LogP contribution in [0.1, 0.15) is 22.5 Å². The summed E-state index contributed by atoms with van der Waals surface area (Å²) in [5.74, 6) is -0.309. The second-order valence-electron chi connectivity index (χ2n) is 5.71. The summed E-state index contributed by atoms with van der Waals surface area (Å²) in [6.07, 6.45) is 1.73. The van der Waals surface area contributed by atoms with E-state index in [4.69, 9.17) is 0 Å². The minimum atomic E-state index is -0.309. The van der Waals surface area contributed by atoms with Crippen LogP contribution in [0.3, 0.4) is 0 Å². The molecule has 1 aromatic heterocycles. The van der Waals surface area contributed by atoms with Gasteiger partial charge in [0.1, 0.15) is 5.82 Å². The molecule has 3 rings (SSSR count). The smallest absolute Gasteiger partial charge is 0.148 e. The van der Waals surface area contributed by atoms with Crippen molar-refractivity contribution in [3.63, 3.8) is 0 Å². The lowest BCUT2D eigenvalue weighted by molar-refractivity contribution is 0.630. The zero-order chi connectivity index (χ0) is 16.4. The summed E-state index contributed by atoms with van der Waals surface area (Å²) in [7, 11) is 0. The van der Waals surface area contributed by atoms with Gasteiger partial charge >= 0.3 is 0 Å². The number of para-hydroxylation sites is 1. The third-order valence-electron chi connectivity index (χ3n) is 3.93. The van der Waals surface area contributed by atoms with Crippen molar-refractivity contribution in [1.29, 1.82) is 0 Å². The van der Waals surface area contributed by atoms with Crippen LogP contribution in [-0.2, 0) is 0 Å². The first-order valence-corrected chi connectivity index (χ1v) is 7.61. The highest BCUT2D eigenvalue weighted by atomic mass is 19.1. The van der Waals surface area contributed by atoms with Gasteiger partial charge in [0.2, 0.25) is 0 Å². The van der Waals surface area contributed by atoms with Crippen LogP contribution in [0.2, 0.25) is 0 Å². The fourth-order valence-corrected chi connectivity index (χ4v) is 2.78. The number of hydrogen-bond acceptors (Lipinski definition) is 1. The first kappa shape index (κ1) is 15.2. The zero-order valence-corrected chi connectivity index (χ0v) is 13.5. The van der Waals surface area contributed by atoms with Crippen LogP contribution in [0.5, 0.6) is 0 Å². The maximum absolute atomic E-state index is 13.7. The van der Waals surface area contributed by atoms with Gasteiger partial charge in [-0.1, -0.05) is 24.3 Å². The molecule has 0 amide bonds. The number of benzene rings is 2. The summed E-state index contributed by atoms with van der Waals surface area (Å²) >= 11 is 0. The molecule has 0 bridgehead atoms. The average Bonchev–Trinajstić information content (AvgIpc) is 2.81. The average molecular weight is 306 g/mol. The largest absolute Gasteiger partial charge is 0.318 e. The van der Waals surface area contributed by atoms with Gasteiger partial charge in [0.25, 0.3) is 0 Å². The molecular formula is C20H19FN2. The van der Waals surface area contributed by atoms with E-state index in [1.807, 2.05) is 0 Å². The van der Waals surface area contributed by atoms with Crippen LogP contribution in [0, 0.1) is 26.6 Å². The van der Waals surface area contributed by atoms with Gasteiger partial charge < -0.3 is 4.57 Å². The number of hydrogen-bond donors (Lipinski definition) is 0. The number of rotatable bonds is 3. The Morgan fingerprint density at radius 1 is 0.957 bits per heavy atom. The first-order chi connectivity index (χ1) is 11.1. The zero-order valence-electron chi connectivity index (χ0n) is 13.5. The minimum absolute atomic E-state index is 0.309. The molecule has 0 saturated carbocycles. The van der Waals surface area contributed by atoms with Gasteiger partial charge in [-0.15, -0.1) is 0 Å². The van der Waals surface area contributed by atoms with E-state index in [9.17, 15) is 4.39 Å². The van der Waals surface area contributed by atoms with Crippen molar-refractivity contribution in [2.75, 3.05) is 0 Å². The number of nitrogens with zero attached hydrogens (tertiary/aromatic N) is 2. The predicted octanol–water partition coefficient (Wildman–Crippen LogP) is 5.29. The fourth-order valence-electron chi connectivity index (χ4n) is 2.78. The van der Waals surface area contributed by atoms with E-state index in [0.29, 0.717) is 5.69 Å². The molecule has 116 valence electrons. The molecular weight excluding hydrogens is 287 g/mol. The van der Waals surface area contributed by atoms with Gasteiger partial charge in [-0.05, 0) is 56.7 Å². The summed E-state index contributed by atoms with van der Waals surface area (Å²) in [6.45, 7) is 6.20. The molecule has 0 atom stereocenters. The van der Waals surface area contributed by atoms with Crippen LogP contribution >= 0.6 is 0 Å². The standard InChI is InChI=1S/C20H19FN2/c1-14-7-6-8-18(11-14)23-15(2)12-17(16(23)3)13-22-20-10-5-4-9-19(20)21/h4-13H,1-3H3. The van der Waals surface area contributed by atoms with Crippen molar-refractivity contribution in [3.05, 3.63) is 82.9 Å². The Bertz CT molecular complexity index is 875. The molecule has 0 fully saturated rings. The van der Waals surface area contributed by atoms with Gasteiger partial charge in [0, 0.05) is 28.9 Å². The molecule has 0 aliphatic heterocycles. The van der Waals surface area contributed by atoms with Crippen molar-refractivity contribution >= 4 is 11.9 Å². The minimum Gasteiger partial charge on any atom is -0.318 e. The molecule has 0 aliphatic carbocycles. The quantitative estimate of drug-likeness (QED) is 0.585. The molecule has 1 heterocycles. The van der Waals surface area contributed by atoms with Gasteiger partial charge in [-0.2, -0.15) is 0 Å². The molecule has 2 nitrogen and oxygen atoms in total. The van der Waals surface area contributed by atoms with Gasteiger partial charge in [0.05, 0.1) is 5.69 Å². The second-order valence-corrected chi connectivity index (χ2v) is 5.71. The summed E-state index contributed by atoms with van der Waals surface area (Å²) in [5.41, 5.74) is 5.92. The Hall–Kier alpha value is -2.68. The molecule has 0 unspecified atom stereocenters. The Balaban J connectivity index is 2.00. The number of halogens is 1. The van der Waals surface area contributed by atoms with E-state index in [-0.39, 0.29) is 5.82 Å². The molecule has 23 heavy (non-hydrogen) atoms. The SMILES string of the molecule is Cc1cccc(-n2c(C)cc(C=Nc3ccccc3F)c2C)c1. The van der Waals surface area contributed by atoms with E-state index in [0.717, 1.165) is 22.6 Å².